The molecule has 0 unspecified atom stereocenters. The van der Waals surface area contributed by atoms with Crippen molar-refractivity contribution in [3.05, 3.63) is 0 Å². The molecule has 0 saturated carbocycles. The molecule has 1 rings (SSSR count). The van der Waals surface area contributed by atoms with Crippen LogP contribution in [0.25, 0.3) is 0 Å². The summed E-state index contributed by atoms with van der Waals surface area (Å²) in [5, 5.41) is 38.9. The van der Waals surface area contributed by atoms with Gasteiger partial charge in [-0.2, -0.15) is 0 Å². The molecule has 1 fully saturated rings. The maximum absolute atomic E-state index is 13.9. The lowest BCUT2D eigenvalue weighted by molar-refractivity contribution is -0.143. The van der Waals surface area contributed by atoms with E-state index in [0.717, 1.165) is 4.90 Å². The van der Waals surface area contributed by atoms with E-state index in [1.165, 1.54) is 20.8 Å². The fourth-order valence-corrected chi connectivity index (χ4v) is 6.30. The van der Waals surface area contributed by atoms with Gasteiger partial charge >= 0.3 is 5.97 Å². The third-order valence-corrected chi connectivity index (χ3v) is 10.1. The third kappa shape index (κ3) is 17.4. The van der Waals surface area contributed by atoms with Crippen LogP contribution in [-0.2, 0) is 52.7 Å². The van der Waals surface area contributed by atoms with Gasteiger partial charge in [-0.25, -0.2) is 4.79 Å². The molecular weight excluding hydrogens is 830 g/mol. The minimum atomic E-state index is -1.68. The number of aliphatic hydroxyl groups excluding tert-OH is 1. The number of amides is 10. The molecule has 356 valence electrons. The van der Waals surface area contributed by atoms with Gasteiger partial charge in [0.1, 0.15) is 54.4 Å². The van der Waals surface area contributed by atoms with Crippen LogP contribution in [0.2, 0.25) is 0 Å². The molecule has 24 heteroatoms. The first-order valence-corrected chi connectivity index (χ1v) is 20.8. The average Bonchev–Trinajstić information content (AvgIpc) is 3.70. The number of likely N-dealkylation sites (tertiary alicyclic amines) is 1. The SMILES string of the molecule is CC(C)[C@H](NC(=O)[C@H](C)NC(=O)[C@H](C)NC(=O)[C@@H]1CCCN1C(=O)[C@H](CCC(N)=O)NC(=O)[C@H](CO)NC(=O)[C@H](C)NC(=O)[C@@H](NC(=O)[C@@H](NC(=O)CN)C(C)C)C(C)C)C(=O)O. The molecule has 1 saturated heterocycles. The number of aliphatic carboxylic acids is 1. The predicted octanol–water partition coefficient (Wildman–Crippen LogP) is -4.82. The van der Waals surface area contributed by atoms with Gasteiger partial charge in [-0.1, -0.05) is 41.5 Å². The number of nitrogens with zero attached hydrogens (tertiary/aromatic N) is 1. The summed E-state index contributed by atoms with van der Waals surface area (Å²) in [6.07, 6.45) is -0.241. The molecule has 0 radical (unpaired) electrons. The topological polar surface area (TPSA) is 380 Å². The van der Waals surface area contributed by atoms with E-state index in [0.29, 0.717) is 6.42 Å². The zero-order valence-corrected chi connectivity index (χ0v) is 37.4. The van der Waals surface area contributed by atoms with E-state index in [4.69, 9.17) is 11.5 Å². The maximum atomic E-state index is 13.9. The molecule has 14 N–H and O–H groups in total. The summed E-state index contributed by atoms with van der Waals surface area (Å²) >= 11 is 0. The number of aliphatic hydroxyl groups is 1. The predicted molar refractivity (Wildman–Crippen MR) is 224 cm³/mol. The zero-order valence-electron chi connectivity index (χ0n) is 37.4. The summed E-state index contributed by atoms with van der Waals surface area (Å²) in [6.45, 7) is 12.5. The van der Waals surface area contributed by atoms with Crippen LogP contribution in [0.5, 0.6) is 0 Å². The zero-order chi connectivity index (χ0) is 48.5. The van der Waals surface area contributed by atoms with E-state index >= 15 is 0 Å². The normalized spacial score (nSPS) is 17.4. The summed E-state index contributed by atoms with van der Waals surface area (Å²) in [5.74, 6) is -10.5. The molecule has 9 atom stereocenters. The second-order valence-electron chi connectivity index (χ2n) is 16.5. The largest absolute Gasteiger partial charge is 0.480 e. The average molecular weight is 898 g/mol. The van der Waals surface area contributed by atoms with Gasteiger partial charge in [0, 0.05) is 13.0 Å². The molecule has 1 aliphatic rings. The Balaban J connectivity index is 3.05. The van der Waals surface area contributed by atoms with Crippen molar-refractivity contribution in [1.82, 2.24) is 47.4 Å². The number of carbonyl (C=O) groups is 11. The van der Waals surface area contributed by atoms with Crippen LogP contribution in [0.3, 0.4) is 0 Å². The second kappa shape index (κ2) is 25.9. The summed E-state index contributed by atoms with van der Waals surface area (Å²) in [6, 6.07) is -11.4. The van der Waals surface area contributed by atoms with Crippen molar-refractivity contribution < 1.29 is 63.0 Å². The fraction of sp³-hybridized carbons (Fsp3) is 0.718. The Morgan fingerprint density at radius 2 is 1.03 bits per heavy atom. The maximum Gasteiger partial charge on any atom is 0.326 e. The molecule has 0 bridgehead atoms. The summed E-state index contributed by atoms with van der Waals surface area (Å²) in [7, 11) is 0. The second-order valence-corrected chi connectivity index (χ2v) is 16.5. The number of rotatable bonds is 25. The summed E-state index contributed by atoms with van der Waals surface area (Å²) in [4.78, 5) is 142. The van der Waals surface area contributed by atoms with Crippen molar-refractivity contribution in [1.29, 1.82) is 0 Å². The third-order valence-electron chi connectivity index (χ3n) is 10.1. The van der Waals surface area contributed by atoms with Gasteiger partial charge in [0.25, 0.3) is 0 Å². The Morgan fingerprint density at radius 1 is 0.587 bits per heavy atom. The van der Waals surface area contributed by atoms with E-state index < -0.39 is 144 Å². The first kappa shape index (κ1) is 55.1. The number of primary amides is 1. The quantitative estimate of drug-likeness (QED) is 0.0409. The van der Waals surface area contributed by atoms with E-state index in [1.54, 1.807) is 41.5 Å². The van der Waals surface area contributed by atoms with E-state index in [9.17, 15) is 63.0 Å². The highest BCUT2D eigenvalue weighted by molar-refractivity contribution is 5.98. The van der Waals surface area contributed by atoms with Crippen LogP contribution < -0.4 is 54.0 Å². The van der Waals surface area contributed by atoms with Crippen molar-refractivity contribution in [2.75, 3.05) is 19.7 Å². The Bertz CT molecular complexity index is 1690. The van der Waals surface area contributed by atoms with Crippen molar-refractivity contribution in [2.45, 2.75) is 142 Å². The van der Waals surface area contributed by atoms with Gasteiger partial charge in [0.2, 0.25) is 59.1 Å². The standard InChI is InChI=1S/C39H67N11O13/c1-17(2)28(47-27(53)15-40)37(60)48-29(18(3)4)36(59)44-21(8)32(55)46-24(16-51)34(57)45-23(12-13-26(41)52)38(61)50-14-10-11-25(50)35(58)43-20(7)31(54)42-22(9)33(56)49-30(19(5)6)39(62)63/h17-25,28-30,51H,10-16,40H2,1-9H3,(H2,41,52)(H,42,54)(H,43,58)(H,44,59)(H,45,57)(H,46,55)(H,47,53)(H,48,60)(H,49,56)(H,62,63)/t20-,21-,22-,23-,24-,25-,28-,29-,30-/m0/s1. The summed E-state index contributed by atoms with van der Waals surface area (Å²) < 4.78 is 0. The first-order chi connectivity index (χ1) is 29.3. The minimum absolute atomic E-state index is 0.0356. The van der Waals surface area contributed by atoms with E-state index in [2.05, 4.69) is 42.5 Å². The van der Waals surface area contributed by atoms with Gasteiger partial charge in [-0.15, -0.1) is 0 Å². The Kier molecular flexibility index (Phi) is 22.6. The number of hydrogen-bond donors (Lipinski definition) is 12. The van der Waals surface area contributed by atoms with Gasteiger partial charge in [-0.05, 0) is 57.8 Å². The smallest absolute Gasteiger partial charge is 0.326 e. The number of carbonyl (C=O) groups excluding carboxylic acids is 10. The number of nitrogens with two attached hydrogens (primary N) is 2. The van der Waals surface area contributed by atoms with Crippen LogP contribution in [0.1, 0.15) is 88.0 Å². The molecule has 0 spiro atoms. The van der Waals surface area contributed by atoms with Gasteiger partial charge in [-0.3, -0.25) is 47.9 Å². The highest BCUT2D eigenvalue weighted by Gasteiger charge is 2.40. The molecule has 1 aliphatic heterocycles. The summed E-state index contributed by atoms with van der Waals surface area (Å²) in [5.41, 5.74) is 10.7. The molecule has 10 amide bonds. The Hall–Kier alpha value is -5.91. The van der Waals surface area contributed by atoms with Gasteiger partial charge in [0.05, 0.1) is 13.2 Å². The number of carboxylic acid groups (broad SMARTS) is 1. The van der Waals surface area contributed by atoms with Crippen molar-refractivity contribution >= 4 is 65.0 Å². The van der Waals surface area contributed by atoms with Crippen molar-refractivity contribution in [3.63, 3.8) is 0 Å². The number of nitrogens with one attached hydrogen (secondary N) is 8. The minimum Gasteiger partial charge on any atom is -0.480 e. The Morgan fingerprint density at radius 3 is 1.52 bits per heavy atom. The molecule has 1 heterocycles. The molecule has 24 nitrogen and oxygen atoms in total. The molecular formula is C39H67N11O13. The van der Waals surface area contributed by atoms with Crippen LogP contribution >= 0.6 is 0 Å². The van der Waals surface area contributed by atoms with Crippen LogP contribution in [0, 0.1) is 17.8 Å². The highest BCUT2D eigenvalue weighted by Crippen LogP contribution is 2.20. The Labute approximate surface area is 366 Å². The molecule has 0 aromatic rings. The number of hydrogen-bond acceptors (Lipinski definition) is 13. The first-order valence-electron chi connectivity index (χ1n) is 20.8. The van der Waals surface area contributed by atoms with Crippen molar-refractivity contribution in [3.8, 4) is 0 Å². The van der Waals surface area contributed by atoms with E-state index in [1.807, 2.05) is 0 Å². The fourth-order valence-electron chi connectivity index (χ4n) is 6.30. The van der Waals surface area contributed by atoms with Gasteiger partial charge < -0.3 is 69.1 Å². The molecule has 0 aliphatic carbocycles. The monoisotopic (exact) mass is 897 g/mol. The lowest BCUT2D eigenvalue weighted by Crippen LogP contribution is -2.61. The number of carboxylic acids is 1. The van der Waals surface area contributed by atoms with Crippen molar-refractivity contribution in [2.24, 2.45) is 29.2 Å². The van der Waals surface area contributed by atoms with Gasteiger partial charge in [0.15, 0.2) is 0 Å². The lowest BCUT2D eigenvalue weighted by atomic mass is 9.99. The molecule has 63 heavy (non-hydrogen) atoms. The van der Waals surface area contributed by atoms with E-state index in [-0.39, 0.29) is 31.8 Å². The van der Waals surface area contributed by atoms with Crippen LogP contribution in [-0.4, -0.2) is 154 Å². The molecule has 0 aromatic heterocycles. The highest BCUT2D eigenvalue weighted by atomic mass is 16.4. The molecule has 0 aromatic carbocycles. The lowest BCUT2D eigenvalue weighted by Gasteiger charge is -2.30. The van der Waals surface area contributed by atoms with Crippen LogP contribution in [0.4, 0.5) is 0 Å². The van der Waals surface area contributed by atoms with Crippen LogP contribution in [0.15, 0.2) is 0 Å².